The third-order valence-electron chi connectivity index (χ3n) is 8.31. The number of carbonyl (C=O) groups excluding carboxylic acids is 2. The Kier molecular flexibility index (Phi) is 2.51. The molecule has 0 spiro atoms. The van der Waals surface area contributed by atoms with E-state index in [1.54, 1.807) is 0 Å². The van der Waals surface area contributed by atoms with Gasteiger partial charge in [0.05, 0.1) is 12.2 Å². The van der Waals surface area contributed by atoms with E-state index in [0.717, 1.165) is 19.3 Å². The zero-order chi connectivity index (χ0) is 15.3. The highest BCUT2D eigenvalue weighted by Gasteiger charge is 2.66. The first-order valence-corrected chi connectivity index (χ1v) is 9.15. The molecule has 3 nitrogen and oxygen atoms in total. The smallest absolute Gasteiger partial charge is 0.139 e. The number of epoxide rings is 1. The Balaban J connectivity index is 1.54. The maximum Gasteiger partial charge on any atom is 0.139 e. The van der Waals surface area contributed by atoms with E-state index in [0.29, 0.717) is 54.4 Å². The van der Waals surface area contributed by atoms with Crippen molar-refractivity contribution in [2.45, 2.75) is 71.0 Å². The third-order valence-corrected chi connectivity index (χ3v) is 8.31. The molecule has 0 aromatic carbocycles. The number of hydrogen-bond donors (Lipinski definition) is 0. The van der Waals surface area contributed by atoms with Gasteiger partial charge in [-0.1, -0.05) is 13.8 Å². The van der Waals surface area contributed by atoms with E-state index >= 15 is 0 Å². The highest BCUT2D eigenvalue weighted by molar-refractivity contribution is 5.95. The Morgan fingerprint density at radius 1 is 1.09 bits per heavy atom. The van der Waals surface area contributed by atoms with Gasteiger partial charge in [0.25, 0.3) is 0 Å². The summed E-state index contributed by atoms with van der Waals surface area (Å²) in [5.74, 6) is 2.51. The SMILES string of the molecule is C[C@]12C[C@H]3O[C@H]3C[C@H]1CC[C@@H]1[C@@H]2C(=O)C[C@]2(C)C(=O)CC[C@@H]12. The molecule has 1 saturated heterocycles. The maximum atomic E-state index is 13.1. The molecule has 1 heterocycles. The number of rotatable bonds is 0. The molecule has 0 amide bonds. The fourth-order valence-corrected chi connectivity index (χ4v) is 7.12. The van der Waals surface area contributed by atoms with Crippen molar-refractivity contribution in [3.05, 3.63) is 0 Å². The average molecular weight is 302 g/mol. The van der Waals surface area contributed by atoms with Crippen molar-refractivity contribution in [2.75, 3.05) is 0 Å². The molecular weight excluding hydrogens is 276 g/mol. The molecule has 5 aliphatic rings. The van der Waals surface area contributed by atoms with Gasteiger partial charge in [0.15, 0.2) is 0 Å². The van der Waals surface area contributed by atoms with Gasteiger partial charge in [-0.3, -0.25) is 9.59 Å². The number of hydrogen-bond acceptors (Lipinski definition) is 3. The minimum Gasteiger partial charge on any atom is -0.370 e. The Hall–Kier alpha value is -0.700. The van der Waals surface area contributed by atoms with Gasteiger partial charge in [0.1, 0.15) is 11.6 Å². The van der Waals surface area contributed by atoms with Crippen molar-refractivity contribution < 1.29 is 14.3 Å². The van der Waals surface area contributed by atoms with Crippen molar-refractivity contribution in [1.82, 2.24) is 0 Å². The summed E-state index contributed by atoms with van der Waals surface area (Å²) in [7, 11) is 0. The number of ketones is 2. The summed E-state index contributed by atoms with van der Waals surface area (Å²) in [6.07, 6.45) is 7.77. The van der Waals surface area contributed by atoms with Crippen molar-refractivity contribution in [2.24, 2.45) is 34.5 Å². The lowest BCUT2D eigenvalue weighted by molar-refractivity contribution is -0.158. The van der Waals surface area contributed by atoms with E-state index < -0.39 is 0 Å². The highest BCUT2D eigenvalue weighted by Crippen LogP contribution is 2.66. The topological polar surface area (TPSA) is 46.7 Å². The maximum absolute atomic E-state index is 13.1. The molecule has 0 aromatic heterocycles. The van der Waals surface area contributed by atoms with Crippen LogP contribution in [0.4, 0.5) is 0 Å². The van der Waals surface area contributed by atoms with Crippen molar-refractivity contribution in [1.29, 1.82) is 0 Å². The lowest BCUT2D eigenvalue weighted by atomic mass is 9.45. The monoisotopic (exact) mass is 302 g/mol. The molecule has 120 valence electrons. The van der Waals surface area contributed by atoms with E-state index in [1.807, 2.05) is 0 Å². The molecule has 0 N–H and O–H groups in total. The van der Waals surface area contributed by atoms with Crippen LogP contribution < -0.4 is 0 Å². The Bertz CT molecular complexity index is 569. The molecule has 0 radical (unpaired) electrons. The molecular formula is C19H26O3. The highest BCUT2D eigenvalue weighted by atomic mass is 16.6. The summed E-state index contributed by atoms with van der Waals surface area (Å²) >= 11 is 0. The zero-order valence-corrected chi connectivity index (χ0v) is 13.6. The Morgan fingerprint density at radius 3 is 2.73 bits per heavy atom. The van der Waals surface area contributed by atoms with Gasteiger partial charge in [-0.15, -0.1) is 0 Å². The molecule has 1 aliphatic heterocycles. The van der Waals surface area contributed by atoms with Crippen LogP contribution in [-0.2, 0) is 14.3 Å². The minimum atomic E-state index is -0.339. The molecule has 0 aromatic rings. The van der Waals surface area contributed by atoms with E-state index in [2.05, 4.69) is 13.8 Å². The molecule has 4 saturated carbocycles. The summed E-state index contributed by atoms with van der Waals surface area (Å²) in [5.41, 5.74) is -0.209. The summed E-state index contributed by atoms with van der Waals surface area (Å²) in [4.78, 5) is 25.5. The lowest BCUT2D eigenvalue weighted by Crippen LogP contribution is -2.57. The summed E-state index contributed by atoms with van der Waals surface area (Å²) < 4.78 is 5.81. The molecule has 3 heteroatoms. The first-order chi connectivity index (χ1) is 10.4. The Labute approximate surface area is 132 Å². The predicted molar refractivity (Wildman–Crippen MR) is 81.2 cm³/mol. The van der Waals surface area contributed by atoms with Crippen molar-refractivity contribution in [3.63, 3.8) is 0 Å². The van der Waals surface area contributed by atoms with E-state index in [1.165, 1.54) is 12.8 Å². The standard InChI is InChI=1S/C19H26O3/c1-18-9-15-14(22-15)7-10(18)3-4-11-12-5-6-16(21)19(12,2)8-13(20)17(11)18/h10-12,14-15,17H,3-9H2,1-2H3/t10-,11+,12+,14+,15-,17-,18+,19+/m1/s1. The molecule has 8 atom stereocenters. The molecule has 5 fully saturated rings. The zero-order valence-electron chi connectivity index (χ0n) is 13.6. The van der Waals surface area contributed by atoms with Gasteiger partial charge in [-0.25, -0.2) is 0 Å². The fraction of sp³-hybridized carbons (Fsp3) is 0.895. The molecule has 5 rings (SSSR count). The average Bonchev–Trinajstić information content (AvgIpc) is 3.12. The normalized spacial score (nSPS) is 59.4. The van der Waals surface area contributed by atoms with Crippen molar-refractivity contribution >= 4 is 11.6 Å². The number of carbonyl (C=O) groups is 2. The van der Waals surface area contributed by atoms with E-state index in [4.69, 9.17) is 4.74 Å². The van der Waals surface area contributed by atoms with Crippen LogP contribution in [0.15, 0.2) is 0 Å². The summed E-state index contributed by atoms with van der Waals surface area (Å²) in [6, 6.07) is 0. The van der Waals surface area contributed by atoms with Gasteiger partial charge in [-0.05, 0) is 55.3 Å². The van der Waals surface area contributed by atoms with Crippen LogP contribution in [0.2, 0.25) is 0 Å². The second kappa shape index (κ2) is 4.03. The fourth-order valence-electron chi connectivity index (χ4n) is 7.12. The van der Waals surface area contributed by atoms with E-state index in [9.17, 15) is 9.59 Å². The van der Waals surface area contributed by atoms with Gasteiger partial charge >= 0.3 is 0 Å². The number of fused-ring (bicyclic) bond motifs is 6. The number of Topliss-reactive ketones (excluding diaryl/α,β-unsaturated/α-hetero) is 2. The molecule has 4 aliphatic carbocycles. The van der Waals surface area contributed by atoms with Crippen LogP contribution in [0.5, 0.6) is 0 Å². The molecule has 22 heavy (non-hydrogen) atoms. The summed E-state index contributed by atoms with van der Waals surface area (Å²) in [6.45, 7) is 4.44. The van der Waals surface area contributed by atoms with Crippen LogP contribution in [0.25, 0.3) is 0 Å². The van der Waals surface area contributed by atoms with Crippen LogP contribution >= 0.6 is 0 Å². The minimum absolute atomic E-state index is 0.130. The van der Waals surface area contributed by atoms with Crippen LogP contribution in [-0.4, -0.2) is 23.8 Å². The van der Waals surface area contributed by atoms with Crippen molar-refractivity contribution in [3.8, 4) is 0 Å². The summed E-state index contributed by atoms with van der Waals surface area (Å²) in [5, 5.41) is 0. The Morgan fingerprint density at radius 2 is 1.91 bits per heavy atom. The third kappa shape index (κ3) is 1.52. The van der Waals surface area contributed by atoms with Crippen LogP contribution in [0.3, 0.4) is 0 Å². The van der Waals surface area contributed by atoms with Crippen LogP contribution in [0.1, 0.15) is 58.8 Å². The van der Waals surface area contributed by atoms with Gasteiger partial charge in [0, 0.05) is 24.2 Å². The first-order valence-electron chi connectivity index (χ1n) is 9.15. The molecule has 0 unspecified atom stereocenters. The van der Waals surface area contributed by atoms with E-state index in [-0.39, 0.29) is 16.7 Å². The van der Waals surface area contributed by atoms with Gasteiger partial charge in [-0.2, -0.15) is 0 Å². The van der Waals surface area contributed by atoms with Crippen LogP contribution in [0, 0.1) is 34.5 Å². The quantitative estimate of drug-likeness (QED) is 0.646. The second-order valence-corrected chi connectivity index (χ2v) is 9.20. The first kappa shape index (κ1) is 13.7. The lowest BCUT2D eigenvalue weighted by Gasteiger charge is -2.57. The predicted octanol–water partition coefficient (Wildman–Crippen LogP) is 3.15. The second-order valence-electron chi connectivity index (χ2n) is 9.20. The van der Waals surface area contributed by atoms with Gasteiger partial charge < -0.3 is 4.74 Å². The molecule has 0 bridgehead atoms. The number of ether oxygens (including phenoxy) is 1. The largest absolute Gasteiger partial charge is 0.370 e. The van der Waals surface area contributed by atoms with Gasteiger partial charge in [0.2, 0.25) is 0 Å².